The molecule has 8 heteroatoms. The van der Waals surface area contributed by atoms with E-state index in [1.807, 2.05) is 0 Å². The number of hydrogen-bond acceptors (Lipinski definition) is 4. The van der Waals surface area contributed by atoms with Crippen LogP contribution >= 0.6 is 35.0 Å². The van der Waals surface area contributed by atoms with Crippen LogP contribution in [0.15, 0.2) is 34.2 Å². The third kappa shape index (κ3) is 5.02. The zero-order valence-corrected chi connectivity index (χ0v) is 16.4. The Balaban J connectivity index is 1.68. The average Bonchev–Trinajstić information content (AvgIpc) is 2.78. The molecule has 1 aliphatic carbocycles. The summed E-state index contributed by atoms with van der Waals surface area (Å²) >= 11 is 13.3. The molecule has 2 amide bonds. The second-order valence-corrected chi connectivity index (χ2v) is 8.09. The number of halogens is 2. The van der Waals surface area contributed by atoms with E-state index in [1.54, 1.807) is 18.2 Å². The van der Waals surface area contributed by atoms with Crippen molar-refractivity contribution in [2.24, 2.45) is 4.99 Å². The van der Waals surface area contributed by atoms with Gasteiger partial charge in [0.2, 0.25) is 5.91 Å². The molecule has 3 rings (SSSR count). The van der Waals surface area contributed by atoms with Gasteiger partial charge in [0.25, 0.3) is 5.91 Å². The molecule has 1 aliphatic heterocycles. The summed E-state index contributed by atoms with van der Waals surface area (Å²) in [6, 6.07) is 5.25. The highest BCUT2D eigenvalue weighted by atomic mass is 35.5. The molecule has 138 valence electrons. The van der Waals surface area contributed by atoms with Gasteiger partial charge in [0, 0.05) is 12.1 Å². The van der Waals surface area contributed by atoms with Crippen molar-refractivity contribution in [2.45, 2.75) is 44.6 Å². The molecule has 2 fully saturated rings. The maximum Gasteiger partial charge on any atom is 0.264 e. The van der Waals surface area contributed by atoms with Crippen LogP contribution in [0.5, 0.6) is 0 Å². The van der Waals surface area contributed by atoms with Crippen LogP contribution < -0.4 is 10.6 Å². The minimum atomic E-state index is -0.354. The third-order valence-electron chi connectivity index (χ3n) is 4.27. The fourth-order valence-electron chi connectivity index (χ4n) is 2.96. The van der Waals surface area contributed by atoms with E-state index in [4.69, 9.17) is 23.2 Å². The summed E-state index contributed by atoms with van der Waals surface area (Å²) in [7, 11) is 0. The Kier molecular flexibility index (Phi) is 6.62. The van der Waals surface area contributed by atoms with E-state index in [0.717, 1.165) is 37.4 Å². The standard InChI is InChI=1S/C18H19Cl2N3O2S/c19-12-8-5-9-13(20)16(12)22-18-23-17(25)14(26-18)10-15(24)21-11-6-3-1-2-4-7-11/h5,8-11H,1-4,6-7H2,(H,21,24)(H,22,23,25)/b14-10-. The molecule has 1 heterocycles. The van der Waals surface area contributed by atoms with E-state index in [-0.39, 0.29) is 17.9 Å². The Morgan fingerprint density at radius 1 is 1.19 bits per heavy atom. The van der Waals surface area contributed by atoms with Gasteiger partial charge in [-0.25, -0.2) is 4.99 Å². The number of thioether (sulfide) groups is 1. The van der Waals surface area contributed by atoms with Crippen LogP contribution in [0.1, 0.15) is 38.5 Å². The quantitative estimate of drug-likeness (QED) is 0.565. The molecule has 0 aromatic heterocycles. The lowest BCUT2D eigenvalue weighted by molar-refractivity contribution is -0.118. The normalized spacial score (nSPS) is 21.7. The maximum atomic E-state index is 12.2. The van der Waals surface area contributed by atoms with Crippen LogP contribution in [-0.2, 0) is 9.59 Å². The minimum absolute atomic E-state index is 0.186. The lowest BCUT2D eigenvalue weighted by Gasteiger charge is -2.14. The van der Waals surface area contributed by atoms with Gasteiger partial charge in [-0.05, 0) is 36.7 Å². The van der Waals surface area contributed by atoms with E-state index in [1.165, 1.54) is 18.9 Å². The van der Waals surface area contributed by atoms with Crippen LogP contribution in [0.4, 0.5) is 5.69 Å². The van der Waals surface area contributed by atoms with Crippen molar-refractivity contribution in [1.82, 2.24) is 10.6 Å². The Hall–Kier alpha value is -1.50. The fourth-order valence-corrected chi connectivity index (χ4v) is 4.24. The average molecular weight is 412 g/mol. The zero-order chi connectivity index (χ0) is 18.5. The highest BCUT2D eigenvalue weighted by Gasteiger charge is 2.26. The Morgan fingerprint density at radius 2 is 1.85 bits per heavy atom. The van der Waals surface area contributed by atoms with E-state index in [2.05, 4.69) is 15.6 Å². The van der Waals surface area contributed by atoms with Gasteiger partial charge in [-0.15, -0.1) is 0 Å². The molecule has 0 radical (unpaired) electrons. The number of para-hydroxylation sites is 1. The lowest BCUT2D eigenvalue weighted by atomic mass is 10.1. The Labute approximate surface area is 166 Å². The number of amides is 2. The summed E-state index contributed by atoms with van der Waals surface area (Å²) < 4.78 is 0. The molecule has 5 nitrogen and oxygen atoms in total. The molecule has 26 heavy (non-hydrogen) atoms. The van der Waals surface area contributed by atoms with Crippen LogP contribution in [0.25, 0.3) is 0 Å². The summed E-state index contributed by atoms with van der Waals surface area (Å²) in [4.78, 5) is 28.9. The predicted molar refractivity (Wildman–Crippen MR) is 107 cm³/mol. The number of amidine groups is 1. The Bertz CT molecular complexity index is 751. The van der Waals surface area contributed by atoms with Gasteiger partial charge in [0.15, 0.2) is 5.17 Å². The second kappa shape index (κ2) is 8.93. The largest absolute Gasteiger partial charge is 0.350 e. The SMILES string of the molecule is O=C(/C=C1\SC(=Nc2c(Cl)cccc2Cl)NC1=O)NC1CCCCCC1. The van der Waals surface area contributed by atoms with Crippen molar-refractivity contribution < 1.29 is 9.59 Å². The van der Waals surface area contributed by atoms with Crippen LogP contribution in [-0.4, -0.2) is 23.0 Å². The van der Waals surface area contributed by atoms with Gasteiger partial charge in [-0.2, -0.15) is 0 Å². The van der Waals surface area contributed by atoms with E-state index < -0.39 is 0 Å². The van der Waals surface area contributed by atoms with Gasteiger partial charge < -0.3 is 10.6 Å². The maximum absolute atomic E-state index is 12.2. The molecule has 0 spiro atoms. The number of nitrogens with one attached hydrogen (secondary N) is 2. The van der Waals surface area contributed by atoms with Gasteiger partial charge >= 0.3 is 0 Å². The first-order valence-corrected chi connectivity index (χ1v) is 10.1. The molecule has 0 bridgehead atoms. The molecule has 0 atom stereocenters. The number of hydrogen-bond donors (Lipinski definition) is 2. The van der Waals surface area contributed by atoms with Gasteiger partial charge in [0.1, 0.15) is 5.69 Å². The van der Waals surface area contributed by atoms with Crippen molar-refractivity contribution in [3.8, 4) is 0 Å². The second-order valence-electron chi connectivity index (χ2n) is 6.25. The summed E-state index contributed by atoms with van der Waals surface area (Å²) in [6.07, 6.45) is 8.02. The lowest BCUT2D eigenvalue weighted by Crippen LogP contribution is -2.33. The topological polar surface area (TPSA) is 70.6 Å². The molecule has 2 aliphatic rings. The van der Waals surface area contributed by atoms with Crippen molar-refractivity contribution in [3.63, 3.8) is 0 Å². The first kappa shape index (κ1) is 19.3. The number of benzene rings is 1. The van der Waals surface area contributed by atoms with Gasteiger partial charge in [0.05, 0.1) is 15.0 Å². The monoisotopic (exact) mass is 411 g/mol. The number of nitrogens with zero attached hydrogens (tertiary/aromatic N) is 1. The van der Waals surface area contributed by atoms with Crippen molar-refractivity contribution in [1.29, 1.82) is 0 Å². The van der Waals surface area contributed by atoms with Gasteiger partial charge in [-0.3, -0.25) is 9.59 Å². The zero-order valence-electron chi connectivity index (χ0n) is 14.1. The summed E-state index contributed by atoms with van der Waals surface area (Å²) in [5, 5.41) is 6.76. The highest BCUT2D eigenvalue weighted by molar-refractivity contribution is 8.18. The third-order valence-corrected chi connectivity index (χ3v) is 5.79. The molecule has 1 aromatic rings. The molecule has 1 saturated heterocycles. The summed E-state index contributed by atoms with van der Waals surface area (Å²) in [5.41, 5.74) is 0.391. The van der Waals surface area contributed by atoms with Gasteiger partial charge in [-0.1, -0.05) is 55.0 Å². The van der Waals surface area contributed by atoms with E-state index >= 15 is 0 Å². The molecule has 2 N–H and O–H groups in total. The fraction of sp³-hybridized carbons (Fsp3) is 0.389. The van der Waals surface area contributed by atoms with E-state index in [0.29, 0.717) is 25.8 Å². The predicted octanol–water partition coefficient (Wildman–Crippen LogP) is 4.57. The summed E-state index contributed by atoms with van der Waals surface area (Å²) in [5.74, 6) is -0.598. The number of rotatable bonds is 3. The first-order valence-electron chi connectivity index (χ1n) is 8.57. The van der Waals surface area contributed by atoms with E-state index in [9.17, 15) is 9.59 Å². The smallest absolute Gasteiger partial charge is 0.264 e. The molecule has 0 unspecified atom stereocenters. The molecular formula is C18H19Cl2N3O2S. The first-order chi connectivity index (χ1) is 12.5. The minimum Gasteiger partial charge on any atom is -0.350 e. The molecular weight excluding hydrogens is 393 g/mol. The van der Waals surface area contributed by atoms with Crippen molar-refractivity contribution in [2.75, 3.05) is 0 Å². The van der Waals surface area contributed by atoms with Crippen molar-refractivity contribution >= 4 is 57.6 Å². The van der Waals surface area contributed by atoms with Crippen LogP contribution in [0.2, 0.25) is 10.0 Å². The Morgan fingerprint density at radius 3 is 2.50 bits per heavy atom. The molecule has 1 aromatic carbocycles. The van der Waals surface area contributed by atoms with Crippen LogP contribution in [0.3, 0.4) is 0 Å². The van der Waals surface area contributed by atoms with Crippen LogP contribution in [0, 0.1) is 0 Å². The highest BCUT2D eigenvalue weighted by Crippen LogP contribution is 2.35. The number of aliphatic imine (C=N–C) groups is 1. The number of carbonyl (C=O) groups is 2. The summed E-state index contributed by atoms with van der Waals surface area (Å²) in [6.45, 7) is 0. The van der Waals surface area contributed by atoms with Crippen molar-refractivity contribution in [3.05, 3.63) is 39.2 Å². The molecule has 1 saturated carbocycles. The number of carbonyl (C=O) groups excluding carboxylic acids is 2.